The largest absolute Gasteiger partial charge is 0.392 e. The number of aliphatic hydroxyl groups excluding tert-OH is 1. The molecule has 0 aliphatic carbocycles. The Bertz CT molecular complexity index is 299. The van der Waals surface area contributed by atoms with Gasteiger partial charge in [-0.3, -0.25) is 0 Å². The maximum absolute atomic E-state index is 9.67. The van der Waals surface area contributed by atoms with Gasteiger partial charge < -0.3 is 10.4 Å². The lowest BCUT2D eigenvalue weighted by molar-refractivity contribution is 0.146. The van der Waals surface area contributed by atoms with Gasteiger partial charge >= 0.3 is 0 Å². The van der Waals surface area contributed by atoms with Crippen molar-refractivity contribution in [3.05, 3.63) is 16.1 Å². The van der Waals surface area contributed by atoms with Crippen molar-refractivity contribution in [2.75, 3.05) is 6.54 Å². The van der Waals surface area contributed by atoms with Crippen LogP contribution in [0.25, 0.3) is 0 Å². The summed E-state index contributed by atoms with van der Waals surface area (Å²) in [6, 6.07) is 0. The van der Waals surface area contributed by atoms with Crippen LogP contribution >= 0.6 is 11.3 Å². The van der Waals surface area contributed by atoms with Gasteiger partial charge in [0.05, 0.1) is 16.8 Å². The van der Waals surface area contributed by atoms with Crippen molar-refractivity contribution < 1.29 is 5.11 Å². The summed E-state index contributed by atoms with van der Waals surface area (Å²) in [5.74, 6) is 0.544. The van der Waals surface area contributed by atoms with E-state index in [4.69, 9.17) is 0 Å². The summed E-state index contributed by atoms with van der Waals surface area (Å²) in [5.41, 5.74) is 1.08. The molecule has 0 saturated heterocycles. The smallest absolute Gasteiger partial charge is 0.0926 e. The van der Waals surface area contributed by atoms with Crippen molar-refractivity contribution in [3.63, 3.8) is 0 Å². The fourth-order valence-electron chi connectivity index (χ4n) is 1.59. The van der Waals surface area contributed by atoms with Crippen LogP contribution in [-0.4, -0.2) is 22.7 Å². The standard InChI is InChI=1S/C12H22N2OS/c1-4-12-14-10(8-16-12)6-13-7-11(15)5-9(2)3/h8-9,11,13,15H,4-7H2,1-3H3. The molecule has 1 aromatic rings. The first kappa shape index (κ1) is 13.6. The number of hydrogen-bond acceptors (Lipinski definition) is 4. The Labute approximate surface area is 102 Å². The van der Waals surface area contributed by atoms with E-state index in [9.17, 15) is 5.11 Å². The maximum atomic E-state index is 9.67. The number of thiazole rings is 1. The van der Waals surface area contributed by atoms with Gasteiger partial charge in [0.15, 0.2) is 0 Å². The molecular weight excluding hydrogens is 220 g/mol. The van der Waals surface area contributed by atoms with E-state index in [0.717, 1.165) is 25.1 Å². The van der Waals surface area contributed by atoms with Gasteiger partial charge in [0, 0.05) is 18.5 Å². The van der Waals surface area contributed by atoms with Gasteiger partial charge in [-0.15, -0.1) is 11.3 Å². The zero-order chi connectivity index (χ0) is 12.0. The summed E-state index contributed by atoms with van der Waals surface area (Å²) in [5, 5.41) is 16.2. The molecule has 0 amide bonds. The van der Waals surface area contributed by atoms with Crippen LogP contribution in [0.4, 0.5) is 0 Å². The number of aliphatic hydroxyl groups is 1. The number of rotatable bonds is 7. The fourth-order valence-corrected chi connectivity index (χ4v) is 2.33. The maximum Gasteiger partial charge on any atom is 0.0926 e. The van der Waals surface area contributed by atoms with Crippen molar-refractivity contribution in [2.45, 2.75) is 46.3 Å². The van der Waals surface area contributed by atoms with Crippen LogP contribution in [0.5, 0.6) is 0 Å². The number of nitrogens with one attached hydrogen (secondary N) is 1. The fraction of sp³-hybridized carbons (Fsp3) is 0.750. The summed E-state index contributed by atoms with van der Waals surface area (Å²) in [6.45, 7) is 7.76. The second-order valence-corrected chi connectivity index (χ2v) is 5.44. The van der Waals surface area contributed by atoms with Crippen LogP contribution in [0, 0.1) is 5.92 Å². The molecule has 3 nitrogen and oxygen atoms in total. The Morgan fingerprint density at radius 3 is 2.81 bits per heavy atom. The van der Waals surface area contributed by atoms with Crippen LogP contribution in [0.2, 0.25) is 0 Å². The van der Waals surface area contributed by atoms with Gasteiger partial charge in [0.25, 0.3) is 0 Å². The molecule has 0 aliphatic rings. The number of hydrogen-bond donors (Lipinski definition) is 2. The minimum absolute atomic E-state index is 0.246. The lowest BCUT2D eigenvalue weighted by Gasteiger charge is -2.13. The highest BCUT2D eigenvalue weighted by atomic mass is 32.1. The third kappa shape index (κ3) is 5.05. The van der Waals surface area contributed by atoms with E-state index in [0.29, 0.717) is 12.5 Å². The molecule has 1 unspecified atom stereocenters. The van der Waals surface area contributed by atoms with Crippen LogP contribution in [0.15, 0.2) is 5.38 Å². The number of aromatic nitrogens is 1. The predicted octanol–water partition coefficient (Wildman–Crippen LogP) is 2.20. The molecule has 1 heterocycles. The summed E-state index contributed by atoms with van der Waals surface area (Å²) < 4.78 is 0. The summed E-state index contributed by atoms with van der Waals surface area (Å²) in [7, 11) is 0. The molecule has 4 heteroatoms. The van der Waals surface area contributed by atoms with Crippen LogP contribution in [0.1, 0.15) is 37.9 Å². The molecular formula is C12H22N2OS. The van der Waals surface area contributed by atoms with E-state index in [-0.39, 0.29) is 6.10 Å². The molecule has 1 rings (SSSR count). The van der Waals surface area contributed by atoms with Crippen molar-refractivity contribution >= 4 is 11.3 Å². The molecule has 0 fully saturated rings. The number of nitrogens with zero attached hydrogens (tertiary/aromatic N) is 1. The Hall–Kier alpha value is -0.450. The van der Waals surface area contributed by atoms with E-state index < -0.39 is 0 Å². The molecule has 92 valence electrons. The van der Waals surface area contributed by atoms with Crippen LogP contribution in [0.3, 0.4) is 0 Å². The van der Waals surface area contributed by atoms with E-state index in [1.165, 1.54) is 5.01 Å². The molecule has 0 aliphatic heterocycles. The van der Waals surface area contributed by atoms with Crippen LogP contribution in [-0.2, 0) is 13.0 Å². The monoisotopic (exact) mass is 242 g/mol. The summed E-state index contributed by atoms with van der Waals surface area (Å²) in [4.78, 5) is 4.46. The zero-order valence-corrected chi connectivity index (χ0v) is 11.2. The average molecular weight is 242 g/mol. The van der Waals surface area contributed by atoms with E-state index in [1.54, 1.807) is 11.3 Å². The number of aryl methyl sites for hydroxylation is 1. The third-order valence-electron chi connectivity index (χ3n) is 2.33. The third-order valence-corrected chi connectivity index (χ3v) is 3.37. The minimum Gasteiger partial charge on any atom is -0.392 e. The predicted molar refractivity (Wildman–Crippen MR) is 68.7 cm³/mol. The first-order valence-corrected chi connectivity index (χ1v) is 6.81. The zero-order valence-electron chi connectivity index (χ0n) is 10.4. The van der Waals surface area contributed by atoms with Crippen molar-refractivity contribution in [1.29, 1.82) is 0 Å². The van der Waals surface area contributed by atoms with Gasteiger partial charge in [0.2, 0.25) is 0 Å². The van der Waals surface area contributed by atoms with Crippen LogP contribution < -0.4 is 5.32 Å². The first-order valence-electron chi connectivity index (χ1n) is 5.93. The highest BCUT2D eigenvalue weighted by Gasteiger charge is 2.06. The first-order chi connectivity index (χ1) is 7.61. The van der Waals surface area contributed by atoms with E-state index in [2.05, 4.69) is 36.5 Å². The highest BCUT2D eigenvalue weighted by Crippen LogP contribution is 2.10. The van der Waals surface area contributed by atoms with Gasteiger partial charge in [-0.1, -0.05) is 20.8 Å². The van der Waals surface area contributed by atoms with Crippen molar-refractivity contribution in [2.24, 2.45) is 5.92 Å². The highest BCUT2D eigenvalue weighted by molar-refractivity contribution is 7.09. The van der Waals surface area contributed by atoms with Gasteiger partial charge in [0.1, 0.15) is 0 Å². The Kier molecular flexibility index (Phi) is 5.95. The van der Waals surface area contributed by atoms with Gasteiger partial charge in [-0.05, 0) is 18.8 Å². The molecule has 16 heavy (non-hydrogen) atoms. The topological polar surface area (TPSA) is 45.2 Å². The second kappa shape index (κ2) is 6.99. The average Bonchev–Trinajstić information content (AvgIpc) is 2.64. The van der Waals surface area contributed by atoms with Crippen molar-refractivity contribution in [1.82, 2.24) is 10.3 Å². The molecule has 0 bridgehead atoms. The Morgan fingerprint density at radius 2 is 2.25 bits per heavy atom. The van der Waals surface area contributed by atoms with E-state index in [1.807, 2.05) is 0 Å². The molecule has 0 saturated carbocycles. The van der Waals surface area contributed by atoms with Gasteiger partial charge in [-0.2, -0.15) is 0 Å². The van der Waals surface area contributed by atoms with Crippen molar-refractivity contribution in [3.8, 4) is 0 Å². The lowest BCUT2D eigenvalue weighted by Crippen LogP contribution is -2.27. The SMILES string of the molecule is CCc1nc(CNCC(O)CC(C)C)cs1. The molecule has 0 spiro atoms. The molecule has 0 radical (unpaired) electrons. The molecule has 2 N–H and O–H groups in total. The normalized spacial score (nSPS) is 13.3. The van der Waals surface area contributed by atoms with E-state index >= 15 is 0 Å². The van der Waals surface area contributed by atoms with Gasteiger partial charge in [-0.25, -0.2) is 4.98 Å². The minimum atomic E-state index is -0.246. The molecule has 0 aromatic carbocycles. The molecule has 1 aromatic heterocycles. The molecule has 1 atom stereocenters. The quantitative estimate of drug-likeness (QED) is 0.770. The Morgan fingerprint density at radius 1 is 1.50 bits per heavy atom. The Balaban J connectivity index is 2.19. The lowest BCUT2D eigenvalue weighted by atomic mass is 10.1. The summed E-state index contributed by atoms with van der Waals surface area (Å²) >= 11 is 1.71. The summed E-state index contributed by atoms with van der Waals surface area (Å²) in [6.07, 6.45) is 1.61. The second-order valence-electron chi connectivity index (χ2n) is 4.50.